The van der Waals surface area contributed by atoms with Crippen LogP contribution in [0.2, 0.25) is 0 Å². The average molecular weight is 879 g/mol. The van der Waals surface area contributed by atoms with E-state index in [0.29, 0.717) is 0 Å². The van der Waals surface area contributed by atoms with Crippen molar-refractivity contribution in [3.63, 3.8) is 0 Å². The highest BCUT2D eigenvalue weighted by Gasteiger charge is 2.41. The Morgan fingerprint density at radius 1 is 0.209 bits per heavy atom. The lowest BCUT2D eigenvalue weighted by Gasteiger charge is -2.40. The Morgan fingerprint density at radius 2 is 0.373 bits per heavy atom. The van der Waals surface area contributed by atoms with Crippen LogP contribution in [0.1, 0.15) is 150 Å². The topological polar surface area (TPSA) is 9.23 Å². The molecule has 0 heterocycles. The first-order valence-corrected chi connectivity index (χ1v) is 24.2. The number of rotatable bonds is 14. The number of hydrogen-bond acceptors (Lipinski definition) is 1. The van der Waals surface area contributed by atoms with Crippen molar-refractivity contribution in [2.24, 2.45) is 0 Å². The van der Waals surface area contributed by atoms with Gasteiger partial charge in [-0.05, 0) is 44.5 Å². The molecule has 0 bridgehead atoms. The van der Waals surface area contributed by atoms with Gasteiger partial charge in [0, 0.05) is 54.7 Å². The van der Waals surface area contributed by atoms with Crippen molar-refractivity contribution >= 4 is 0 Å². The van der Waals surface area contributed by atoms with Crippen LogP contribution in [0.3, 0.4) is 0 Å². The summed E-state index contributed by atoms with van der Waals surface area (Å²) in [6, 6.07) is 75.8. The molecule has 0 aliphatic carbocycles. The van der Waals surface area contributed by atoms with Crippen molar-refractivity contribution < 1.29 is 4.74 Å². The fourth-order valence-electron chi connectivity index (χ4n) is 10.2. The van der Waals surface area contributed by atoms with E-state index in [1.165, 1.54) is 44.5 Å². The van der Waals surface area contributed by atoms with E-state index >= 15 is 0 Å². The Hall–Kier alpha value is -6.44. The standard InChI is InChI=1S/C66H70O/c1-61(2,47-31-19-13-20-32-47)53-43-55(63(5,6)49-35-23-15-24-36-49)59(56(44-53)64(7,8)50-37-25-16-26-38-50)67-60-57(65(9,10)51-39-27-17-28-40-51)45-54(62(3,4)48-33-21-14-22-34-48)46-58(60)66(11,12)52-41-29-18-30-42-52/h13-46H,1-12H3. The molecule has 0 aromatic heterocycles. The third kappa shape index (κ3) is 8.82. The van der Waals surface area contributed by atoms with Crippen LogP contribution in [-0.2, 0) is 32.5 Å². The van der Waals surface area contributed by atoms with E-state index < -0.39 is 21.7 Å². The molecule has 0 saturated carbocycles. The maximum absolute atomic E-state index is 8.28. The zero-order valence-electron chi connectivity index (χ0n) is 42.0. The minimum Gasteiger partial charge on any atom is -0.456 e. The Labute approximate surface area is 403 Å². The van der Waals surface area contributed by atoms with Crippen molar-refractivity contribution in [1.29, 1.82) is 0 Å². The molecule has 67 heavy (non-hydrogen) atoms. The summed E-state index contributed by atoms with van der Waals surface area (Å²) in [6.07, 6.45) is 0. The molecule has 0 unspecified atom stereocenters. The maximum Gasteiger partial charge on any atom is 0.135 e. The maximum atomic E-state index is 8.28. The van der Waals surface area contributed by atoms with E-state index in [-0.39, 0.29) is 10.8 Å². The van der Waals surface area contributed by atoms with Gasteiger partial charge in [0.2, 0.25) is 0 Å². The third-order valence-corrected chi connectivity index (χ3v) is 15.5. The van der Waals surface area contributed by atoms with Gasteiger partial charge in [0.25, 0.3) is 0 Å². The van der Waals surface area contributed by atoms with Crippen molar-refractivity contribution in [3.8, 4) is 11.5 Å². The first-order chi connectivity index (χ1) is 31.8. The van der Waals surface area contributed by atoms with Crippen LogP contribution in [0.15, 0.2) is 206 Å². The summed E-state index contributed by atoms with van der Waals surface area (Å²) in [5.74, 6) is 1.81. The molecule has 8 rings (SSSR count). The third-order valence-electron chi connectivity index (χ3n) is 15.5. The predicted molar refractivity (Wildman–Crippen MR) is 284 cm³/mol. The van der Waals surface area contributed by atoms with Crippen LogP contribution in [0.5, 0.6) is 11.5 Å². The zero-order chi connectivity index (χ0) is 47.8. The van der Waals surface area contributed by atoms with Gasteiger partial charge in [-0.2, -0.15) is 0 Å². The number of benzene rings is 8. The van der Waals surface area contributed by atoms with Gasteiger partial charge in [-0.15, -0.1) is 0 Å². The molecule has 340 valence electrons. The highest BCUT2D eigenvalue weighted by atomic mass is 16.5. The summed E-state index contributed by atoms with van der Waals surface area (Å²) in [5.41, 5.74) is 12.0. The second-order valence-electron chi connectivity index (χ2n) is 21.8. The Kier molecular flexibility index (Phi) is 12.6. The molecule has 0 amide bonds. The van der Waals surface area contributed by atoms with Crippen LogP contribution in [0.25, 0.3) is 0 Å². The lowest BCUT2D eigenvalue weighted by Crippen LogP contribution is -2.30. The largest absolute Gasteiger partial charge is 0.456 e. The SMILES string of the molecule is CC(C)(c1ccccc1)c1cc(C(C)(C)c2ccccc2)c(Oc2c(C(C)(C)c3ccccc3)cc(C(C)(C)c3ccccc3)cc2C(C)(C)c2ccccc2)c(C(C)(C)c2ccccc2)c1. The minimum absolute atomic E-state index is 0.325. The highest BCUT2D eigenvalue weighted by Crippen LogP contribution is 2.54. The van der Waals surface area contributed by atoms with Crippen molar-refractivity contribution in [1.82, 2.24) is 0 Å². The molecule has 0 aliphatic heterocycles. The van der Waals surface area contributed by atoms with E-state index in [4.69, 9.17) is 4.74 Å². The number of ether oxygens (including phenoxy) is 1. The van der Waals surface area contributed by atoms with Crippen molar-refractivity contribution in [2.45, 2.75) is 116 Å². The quantitative estimate of drug-likeness (QED) is 0.106. The van der Waals surface area contributed by atoms with Gasteiger partial charge in [0.05, 0.1) is 0 Å². The first-order valence-electron chi connectivity index (χ1n) is 24.2. The molecule has 1 heteroatoms. The van der Waals surface area contributed by atoms with Crippen LogP contribution >= 0.6 is 0 Å². The van der Waals surface area contributed by atoms with E-state index in [1.807, 2.05) is 0 Å². The van der Waals surface area contributed by atoms with E-state index in [1.54, 1.807) is 0 Å². The molecule has 8 aromatic carbocycles. The lowest BCUT2D eigenvalue weighted by molar-refractivity contribution is 0.414. The smallest absolute Gasteiger partial charge is 0.135 e. The Bertz CT molecular complexity index is 2570. The molecular formula is C66H70O. The van der Waals surface area contributed by atoms with Gasteiger partial charge >= 0.3 is 0 Å². The van der Waals surface area contributed by atoms with Crippen molar-refractivity contribution in [2.75, 3.05) is 0 Å². The summed E-state index contributed by atoms with van der Waals surface area (Å²) < 4.78 is 8.28. The Balaban J connectivity index is 1.54. The molecule has 1 nitrogen and oxygen atoms in total. The summed E-state index contributed by atoms with van der Waals surface area (Å²) in [5, 5.41) is 0. The number of hydrogen-bond donors (Lipinski definition) is 0. The summed E-state index contributed by atoms with van der Waals surface area (Å²) >= 11 is 0. The molecule has 0 saturated heterocycles. The summed E-state index contributed by atoms with van der Waals surface area (Å²) in [4.78, 5) is 0. The molecule has 0 N–H and O–H groups in total. The summed E-state index contributed by atoms with van der Waals surface area (Å²) in [7, 11) is 0. The molecule has 0 spiro atoms. The predicted octanol–water partition coefficient (Wildman–Crippen LogP) is 17.4. The normalized spacial score (nSPS) is 12.8. The van der Waals surface area contributed by atoms with Crippen molar-refractivity contribution in [3.05, 3.63) is 273 Å². The fourth-order valence-corrected chi connectivity index (χ4v) is 10.2. The summed E-state index contributed by atoms with van der Waals surface area (Å²) in [6.45, 7) is 28.5. The van der Waals surface area contributed by atoms with Gasteiger partial charge in [-0.25, -0.2) is 0 Å². The van der Waals surface area contributed by atoms with Crippen LogP contribution in [0, 0.1) is 0 Å². The van der Waals surface area contributed by atoms with Crippen LogP contribution in [-0.4, -0.2) is 0 Å². The molecule has 8 aromatic rings. The lowest BCUT2D eigenvalue weighted by atomic mass is 9.67. The van der Waals surface area contributed by atoms with Gasteiger partial charge in [-0.3, -0.25) is 0 Å². The highest BCUT2D eigenvalue weighted by molar-refractivity contribution is 5.65. The molecule has 0 atom stereocenters. The van der Waals surface area contributed by atoms with Crippen LogP contribution in [0.4, 0.5) is 0 Å². The second kappa shape index (κ2) is 18.0. The monoisotopic (exact) mass is 879 g/mol. The van der Waals surface area contributed by atoms with Gasteiger partial charge < -0.3 is 4.74 Å². The van der Waals surface area contributed by atoms with E-state index in [9.17, 15) is 0 Å². The van der Waals surface area contributed by atoms with E-state index in [0.717, 1.165) is 33.8 Å². The molecule has 0 radical (unpaired) electrons. The average Bonchev–Trinajstić information content (AvgIpc) is 3.35. The van der Waals surface area contributed by atoms with Gasteiger partial charge in [-0.1, -0.05) is 289 Å². The van der Waals surface area contributed by atoms with E-state index in [2.05, 4.69) is 289 Å². The first kappa shape index (κ1) is 47.1. The van der Waals surface area contributed by atoms with Gasteiger partial charge in [0.15, 0.2) is 0 Å². The molecule has 0 fully saturated rings. The van der Waals surface area contributed by atoms with Crippen LogP contribution < -0.4 is 4.74 Å². The van der Waals surface area contributed by atoms with Gasteiger partial charge in [0.1, 0.15) is 11.5 Å². The second-order valence-corrected chi connectivity index (χ2v) is 21.8. The minimum atomic E-state index is -0.472. The molecule has 0 aliphatic rings. The fraction of sp³-hybridized carbons (Fsp3) is 0.273. The Morgan fingerprint density at radius 3 is 0.552 bits per heavy atom. The molecular weight excluding hydrogens is 809 g/mol. The zero-order valence-corrected chi connectivity index (χ0v) is 42.0.